The van der Waals surface area contributed by atoms with Gasteiger partial charge in [0.15, 0.2) is 0 Å². The van der Waals surface area contributed by atoms with Crippen LogP contribution < -0.4 is 0 Å². The van der Waals surface area contributed by atoms with Gasteiger partial charge < -0.3 is 4.42 Å². The topological polar surface area (TPSA) is 38.9 Å². The molecule has 0 radical (unpaired) electrons. The van der Waals surface area contributed by atoms with Crippen molar-refractivity contribution in [2.45, 2.75) is 47.7 Å². The van der Waals surface area contributed by atoms with Gasteiger partial charge in [0.05, 0.1) is 5.69 Å². The normalized spacial score (nSPS) is 17.2. The number of aryl methyl sites for hydroxylation is 3. The third kappa shape index (κ3) is 4.04. The summed E-state index contributed by atoms with van der Waals surface area (Å²) >= 11 is 0. The number of hydrogen-bond acceptors (Lipinski definition) is 3. The predicted octanol–water partition coefficient (Wildman–Crippen LogP) is 8.22. The van der Waals surface area contributed by atoms with E-state index >= 15 is 0 Å². The highest BCUT2D eigenvalue weighted by Crippen LogP contribution is 2.37. The molecule has 0 bridgehead atoms. The Bertz CT molecular complexity index is 1810. The summed E-state index contributed by atoms with van der Waals surface area (Å²) in [5.41, 5.74) is 2.66. The highest BCUT2D eigenvalue weighted by Gasteiger charge is 2.17. The van der Waals surface area contributed by atoms with Crippen LogP contribution in [-0.4, -0.2) is 9.97 Å². The Labute approximate surface area is 208 Å². The van der Waals surface area contributed by atoms with E-state index < -0.39 is 20.6 Å². The molecule has 2 aromatic carbocycles. The first-order valence-electron chi connectivity index (χ1n) is 15.3. The SMILES string of the molecule is [2H]C([2H])([2H])c1ccc2c(n1)oc1c(-c3cc(-c4ccc(CC(C)(C)C)cc4C([2H])([2H])[2H])c(C([2H])([2H])[2H])cn3)cccc12. The van der Waals surface area contributed by atoms with Crippen molar-refractivity contribution in [2.24, 2.45) is 5.41 Å². The number of furan rings is 1. The Morgan fingerprint density at radius 1 is 0.848 bits per heavy atom. The predicted molar refractivity (Wildman–Crippen MR) is 138 cm³/mol. The minimum Gasteiger partial charge on any atom is -0.437 e. The van der Waals surface area contributed by atoms with Crippen LogP contribution in [0.1, 0.15) is 55.5 Å². The molecular weight excluding hydrogens is 404 g/mol. The zero-order chi connectivity index (χ0) is 30.8. The third-order valence-electron chi connectivity index (χ3n) is 5.65. The molecule has 3 nitrogen and oxygen atoms in total. The zero-order valence-corrected chi connectivity index (χ0v) is 18.8. The summed E-state index contributed by atoms with van der Waals surface area (Å²) in [6, 6.07) is 15.2. The molecule has 3 heteroatoms. The molecule has 0 aliphatic carbocycles. The van der Waals surface area contributed by atoms with E-state index in [1.54, 1.807) is 36.4 Å². The summed E-state index contributed by atoms with van der Waals surface area (Å²) in [5.74, 6) is 0. The Morgan fingerprint density at radius 2 is 1.73 bits per heavy atom. The lowest BCUT2D eigenvalue weighted by Gasteiger charge is -2.19. The Hall–Kier alpha value is -3.46. The van der Waals surface area contributed by atoms with Crippen molar-refractivity contribution in [2.75, 3.05) is 0 Å². The second-order valence-electron chi connectivity index (χ2n) is 9.57. The Balaban J connectivity index is 1.75. The molecule has 33 heavy (non-hydrogen) atoms. The number of benzene rings is 2. The van der Waals surface area contributed by atoms with Crippen LogP contribution in [0.25, 0.3) is 44.5 Å². The summed E-state index contributed by atoms with van der Waals surface area (Å²) in [7, 11) is 0. The maximum Gasteiger partial charge on any atom is 0.227 e. The molecule has 0 N–H and O–H groups in total. The lowest BCUT2D eigenvalue weighted by atomic mass is 9.86. The molecule has 166 valence electrons. The number of hydrogen-bond donors (Lipinski definition) is 0. The number of aromatic nitrogens is 2. The van der Waals surface area contributed by atoms with E-state index in [9.17, 15) is 0 Å². The van der Waals surface area contributed by atoms with Crippen LogP contribution in [0.4, 0.5) is 0 Å². The van der Waals surface area contributed by atoms with Gasteiger partial charge in [-0.25, -0.2) is 4.98 Å². The number of pyridine rings is 2. The Morgan fingerprint density at radius 3 is 2.52 bits per heavy atom. The third-order valence-corrected chi connectivity index (χ3v) is 5.65. The van der Waals surface area contributed by atoms with E-state index in [0.29, 0.717) is 39.6 Å². The minimum absolute atomic E-state index is 0.0650. The van der Waals surface area contributed by atoms with Crippen LogP contribution in [-0.2, 0) is 6.42 Å². The Kier molecular flexibility index (Phi) is 3.16. The fourth-order valence-electron chi connectivity index (χ4n) is 4.25. The van der Waals surface area contributed by atoms with Crippen molar-refractivity contribution in [3.05, 3.63) is 83.2 Å². The van der Waals surface area contributed by atoms with Gasteiger partial charge in [-0.2, -0.15) is 0 Å². The van der Waals surface area contributed by atoms with Crippen molar-refractivity contribution in [1.29, 1.82) is 0 Å². The van der Waals surface area contributed by atoms with Gasteiger partial charge in [-0.15, -0.1) is 0 Å². The molecule has 0 aliphatic rings. The van der Waals surface area contributed by atoms with E-state index in [2.05, 4.69) is 30.7 Å². The molecule has 0 saturated heterocycles. The van der Waals surface area contributed by atoms with Crippen molar-refractivity contribution in [3.8, 4) is 22.4 Å². The number of para-hydroxylation sites is 1. The van der Waals surface area contributed by atoms with E-state index in [-0.39, 0.29) is 33.5 Å². The largest absolute Gasteiger partial charge is 0.437 e. The van der Waals surface area contributed by atoms with Crippen LogP contribution in [0.2, 0.25) is 0 Å². The first-order chi connectivity index (χ1) is 19.3. The first kappa shape index (κ1) is 13.3. The van der Waals surface area contributed by atoms with E-state index in [4.69, 9.17) is 16.8 Å². The van der Waals surface area contributed by atoms with E-state index in [1.807, 2.05) is 12.1 Å². The van der Waals surface area contributed by atoms with Crippen LogP contribution >= 0.6 is 0 Å². The molecule has 0 aliphatic heterocycles. The molecular formula is C30H30N2O. The van der Waals surface area contributed by atoms with Gasteiger partial charge in [0.2, 0.25) is 5.71 Å². The van der Waals surface area contributed by atoms with Gasteiger partial charge in [-0.1, -0.05) is 51.1 Å². The van der Waals surface area contributed by atoms with Gasteiger partial charge in [0.25, 0.3) is 0 Å². The molecule has 5 rings (SSSR count). The van der Waals surface area contributed by atoms with Crippen LogP contribution in [0.5, 0.6) is 0 Å². The molecule has 0 fully saturated rings. The van der Waals surface area contributed by atoms with E-state index in [0.717, 1.165) is 5.56 Å². The fourth-order valence-corrected chi connectivity index (χ4v) is 4.25. The van der Waals surface area contributed by atoms with Gasteiger partial charge >= 0.3 is 0 Å². The summed E-state index contributed by atoms with van der Waals surface area (Å²) in [6.07, 6.45) is 1.91. The minimum atomic E-state index is -2.56. The van der Waals surface area contributed by atoms with Crippen molar-refractivity contribution in [1.82, 2.24) is 9.97 Å². The summed E-state index contributed by atoms with van der Waals surface area (Å²) in [6.45, 7) is -1.26. The van der Waals surface area contributed by atoms with Gasteiger partial charge in [0, 0.05) is 40.6 Å². The molecule has 0 saturated carbocycles. The molecule has 0 unspecified atom stereocenters. The van der Waals surface area contributed by atoms with Crippen LogP contribution in [0, 0.1) is 26.0 Å². The summed E-state index contributed by atoms with van der Waals surface area (Å²) in [5, 5.41) is 1.31. The van der Waals surface area contributed by atoms with E-state index in [1.165, 1.54) is 12.3 Å². The molecule has 5 aromatic rings. The lowest BCUT2D eigenvalue weighted by molar-refractivity contribution is 0.411. The molecule has 0 amide bonds. The molecule has 3 heterocycles. The van der Waals surface area contributed by atoms with Crippen molar-refractivity contribution >= 4 is 22.1 Å². The molecule has 0 spiro atoms. The molecule has 0 atom stereocenters. The van der Waals surface area contributed by atoms with Gasteiger partial charge in [0.1, 0.15) is 5.58 Å². The van der Waals surface area contributed by atoms with Crippen LogP contribution in [0.3, 0.4) is 0 Å². The first-order valence-corrected chi connectivity index (χ1v) is 10.8. The van der Waals surface area contributed by atoms with Gasteiger partial charge in [-0.05, 0) is 84.5 Å². The second kappa shape index (κ2) is 7.84. The summed E-state index contributed by atoms with van der Waals surface area (Å²) < 4.78 is 78.5. The smallest absolute Gasteiger partial charge is 0.227 e. The number of rotatable bonds is 3. The monoisotopic (exact) mass is 443 g/mol. The highest BCUT2D eigenvalue weighted by molar-refractivity contribution is 6.08. The number of nitrogens with zero attached hydrogens (tertiary/aromatic N) is 2. The quantitative estimate of drug-likeness (QED) is 0.282. The standard InChI is InChI=1S/C30H30N2O/c1-18-14-21(16-30(4,5)6)11-13-22(18)26-15-27(31-17-19(26)2)25-9-7-8-23-24-12-10-20(3)32-29(24)33-28(23)25/h7-15,17H,16H2,1-6H3/i1D3,2D3,3D3. The van der Waals surface area contributed by atoms with Crippen molar-refractivity contribution in [3.63, 3.8) is 0 Å². The maximum atomic E-state index is 8.28. The summed E-state index contributed by atoms with van der Waals surface area (Å²) in [4.78, 5) is 8.68. The lowest BCUT2D eigenvalue weighted by Crippen LogP contribution is -2.09. The number of fused-ring (bicyclic) bond motifs is 3. The van der Waals surface area contributed by atoms with Crippen LogP contribution in [0.15, 0.2) is 65.2 Å². The zero-order valence-electron chi connectivity index (χ0n) is 27.8. The highest BCUT2D eigenvalue weighted by atomic mass is 16.3. The maximum absolute atomic E-state index is 8.28. The average molecular weight is 444 g/mol. The second-order valence-corrected chi connectivity index (χ2v) is 9.57. The fraction of sp³-hybridized carbons (Fsp3) is 0.267. The van der Waals surface area contributed by atoms with Gasteiger partial charge in [-0.3, -0.25) is 4.98 Å². The molecule has 3 aromatic heterocycles. The van der Waals surface area contributed by atoms with Crippen molar-refractivity contribution < 1.29 is 16.8 Å². The average Bonchev–Trinajstić information content (AvgIpc) is 3.24.